The van der Waals surface area contributed by atoms with Gasteiger partial charge in [-0.25, -0.2) is 14.4 Å². The molecule has 2 aliphatic rings. The van der Waals surface area contributed by atoms with Crippen molar-refractivity contribution in [2.24, 2.45) is 0 Å². The van der Waals surface area contributed by atoms with Gasteiger partial charge in [0.05, 0.1) is 20.3 Å². The molecule has 11 nitrogen and oxygen atoms in total. The highest BCUT2D eigenvalue weighted by molar-refractivity contribution is 5.93. The minimum absolute atomic E-state index is 0.0497. The Morgan fingerprint density at radius 1 is 1.11 bits per heavy atom. The third-order valence-electron chi connectivity index (χ3n) is 6.19. The van der Waals surface area contributed by atoms with Crippen LogP contribution in [-0.4, -0.2) is 91.4 Å². The molecule has 0 saturated carbocycles. The minimum Gasteiger partial charge on any atom is -0.467 e. The summed E-state index contributed by atoms with van der Waals surface area (Å²) in [6, 6.07) is 8.30. The van der Waals surface area contributed by atoms with Crippen LogP contribution in [0.15, 0.2) is 30.3 Å². The Kier molecular flexibility index (Phi) is 7.76. The molecule has 2 fully saturated rings. The lowest BCUT2D eigenvalue weighted by atomic mass is 9.85. The maximum absolute atomic E-state index is 13.1. The number of carbonyl (C=O) groups is 4. The number of hydrogen-bond donors (Lipinski definition) is 2. The first-order valence-electron chi connectivity index (χ1n) is 11.7. The molecule has 2 saturated heterocycles. The fourth-order valence-electron chi connectivity index (χ4n) is 4.47. The zero-order valence-electron chi connectivity index (χ0n) is 21.0. The number of anilines is 1. The van der Waals surface area contributed by atoms with Crippen molar-refractivity contribution in [3.8, 4) is 0 Å². The van der Waals surface area contributed by atoms with Crippen LogP contribution in [0.1, 0.15) is 33.6 Å². The van der Waals surface area contributed by atoms with Crippen LogP contribution in [0, 0.1) is 0 Å². The Balaban J connectivity index is 1.60. The summed E-state index contributed by atoms with van der Waals surface area (Å²) in [5.74, 6) is -0.652. The maximum Gasteiger partial charge on any atom is 0.408 e. The van der Waals surface area contributed by atoms with E-state index in [9.17, 15) is 19.2 Å². The van der Waals surface area contributed by atoms with Crippen LogP contribution in [0.5, 0.6) is 0 Å². The maximum atomic E-state index is 13.1. The number of methoxy groups -OCH3 is 1. The molecule has 0 radical (unpaired) electrons. The summed E-state index contributed by atoms with van der Waals surface area (Å²) < 4.78 is 9.92. The quantitative estimate of drug-likeness (QED) is 0.602. The lowest BCUT2D eigenvalue weighted by molar-refractivity contribution is -0.143. The molecule has 2 heterocycles. The first-order chi connectivity index (χ1) is 16.5. The lowest BCUT2D eigenvalue weighted by Gasteiger charge is -2.43. The summed E-state index contributed by atoms with van der Waals surface area (Å²) in [6.45, 7) is 6.19. The molecule has 0 bridgehead atoms. The second-order valence-corrected chi connectivity index (χ2v) is 9.83. The van der Waals surface area contributed by atoms with Gasteiger partial charge in [0.2, 0.25) is 5.91 Å². The largest absolute Gasteiger partial charge is 0.467 e. The third-order valence-corrected chi connectivity index (χ3v) is 6.19. The highest BCUT2D eigenvalue weighted by Gasteiger charge is 2.53. The number of urea groups is 1. The van der Waals surface area contributed by atoms with Crippen molar-refractivity contribution in [3.05, 3.63) is 30.3 Å². The Bertz CT molecular complexity index is 939. The first kappa shape index (κ1) is 26.1. The molecule has 1 atom stereocenters. The number of piperidine rings is 1. The van der Waals surface area contributed by atoms with Crippen LogP contribution in [0.2, 0.25) is 0 Å². The number of nitrogens with one attached hydrogen (secondary N) is 2. The number of nitrogens with zero attached hydrogens (tertiary/aromatic N) is 3. The Labute approximate surface area is 205 Å². The number of amides is 4. The highest BCUT2D eigenvalue weighted by atomic mass is 16.6. The normalized spacial score (nSPS) is 18.3. The SMILES string of the molecule is COC(=O)C(CNC(=O)N1CCC2(CC1)C(=O)N(C)CN2c1ccccc1)NC(=O)OC(C)(C)C. The number of alkyl carbamates (subject to hydrolysis) is 1. The van der Waals surface area contributed by atoms with Gasteiger partial charge in [-0.1, -0.05) is 18.2 Å². The van der Waals surface area contributed by atoms with E-state index in [0.717, 1.165) is 5.69 Å². The van der Waals surface area contributed by atoms with E-state index in [1.165, 1.54) is 7.11 Å². The molecule has 192 valence electrons. The second kappa shape index (κ2) is 10.4. The fraction of sp³-hybridized carbons (Fsp3) is 0.583. The van der Waals surface area contributed by atoms with Crippen LogP contribution < -0.4 is 15.5 Å². The van der Waals surface area contributed by atoms with Crippen molar-refractivity contribution in [2.75, 3.05) is 45.4 Å². The molecule has 0 aromatic heterocycles. The van der Waals surface area contributed by atoms with E-state index < -0.39 is 29.2 Å². The zero-order valence-corrected chi connectivity index (χ0v) is 21.0. The third kappa shape index (κ3) is 5.95. The van der Waals surface area contributed by atoms with Crippen LogP contribution >= 0.6 is 0 Å². The summed E-state index contributed by atoms with van der Waals surface area (Å²) >= 11 is 0. The van der Waals surface area contributed by atoms with Gasteiger partial charge in [-0.05, 0) is 45.7 Å². The van der Waals surface area contributed by atoms with Gasteiger partial charge in [0.1, 0.15) is 17.2 Å². The number of benzene rings is 1. The smallest absolute Gasteiger partial charge is 0.408 e. The van der Waals surface area contributed by atoms with Crippen LogP contribution in [0.3, 0.4) is 0 Å². The van der Waals surface area contributed by atoms with E-state index in [2.05, 4.69) is 15.5 Å². The highest BCUT2D eigenvalue weighted by Crippen LogP contribution is 2.38. The van der Waals surface area contributed by atoms with Crippen molar-refractivity contribution in [1.82, 2.24) is 20.4 Å². The number of para-hydroxylation sites is 1. The summed E-state index contributed by atoms with van der Waals surface area (Å²) in [7, 11) is 2.99. The average Bonchev–Trinajstić information content (AvgIpc) is 3.05. The molecule has 2 N–H and O–H groups in total. The number of carbonyl (C=O) groups excluding carboxylic acids is 4. The predicted octanol–water partition coefficient (Wildman–Crippen LogP) is 1.53. The van der Waals surface area contributed by atoms with E-state index in [4.69, 9.17) is 9.47 Å². The summed E-state index contributed by atoms with van der Waals surface area (Å²) in [4.78, 5) is 55.6. The van der Waals surface area contributed by atoms with Crippen molar-refractivity contribution < 1.29 is 28.7 Å². The number of ether oxygens (including phenoxy) is 2. The van der Waals surface area contributed by atoms with Gasteiger partial charge >= 0.3 is 18.1 Å². The monoisotopic (exact) mass is 489 g/mol. The van der Waals surface area contributed by atoms with Gasteiger partial charge in [-0.15, -0.1) is 0 Å². The van der Waals surface area contributed by atoms with Crippen LogP contribution in [0.4, 0.5) is 15.3 Å². The molecular formula is C24H35N5O6. The van der Waals surface area contributed by atoms with Crippen LogP contribution in [0.25, 0.3) is 0 Å². The topological polar surface area (TPSA) is 121 Å². The summed E-state index contributed by atoms with van der Waals surface area (Å²) in [6.07, 6.45) is 0.177. The van der Waals surface area contributed by atoms with Crippen molar-refractivity contribution in [3.63, 3.8) is 0 Å². The van der Waals surface area contributed by atoms with Crippen LogP contribution in [-0.2, 0) is 19.1 Å². The molecule has 1 aromatic carbocycles. The number of esters is 1. The molecule has 1 aromatic rings. The van der Waals surface area contributed by atoms with Gasteiger partial charge in [0, 0.05) is 25.8 Å². The summed E-state index contributed by atoms with van der Waals surface area (Å²) in [5, 5.41) is 5.12. The van der Waals surface area contributed by atoms with E-state index >= 15 is 0 Å². The zero-order chi connectivity index (χ0) is 25.8. The standard InChI is InChI=1S/C24H35N5O6/c1-23(2,3)35-22(33)26-18(19(30)34-5)15-25-21(32)28-13-11-24(12-14-28)20(31)27(4)16-29(24)17-9-7-6-8-10-17/h6-10,18H,11-16H2,1-5H3,(H,25,32)(H,26,33). The summed E-state index contributed by atoms with van der Waals surface area (Å²) in [5.41, 5.74) is -0.464. The Morgan fingerprint density at radius 3 is 2.31 bits per heavy atom. The van der Waals surface area contributed by atoms with Gasteiger partial charge < -0.3 is 34.8 Å². The van der Waals surface area contributed by atoms with Gasteiger partial charge in [-0.2, -0.15) is 0 Å². The molecule has 35 heavy (non-hydrogen) atoms. The van der Waals surface area contributed by atoms with Gasteiger partial charge in [-0.3, -0.25) is 4.79 Å². The Hall–Kier alpha value is -3.50. The molecule has 0 aliphatic carbocycles. The van der Waals surface area contributed by atoms with Gasteiger partial charge in [0.15, 0.2) is 0 Å². The predicted molar refractivity (Wildman–Crippen MR) is 129 cm³/mol. The Morgan fingerprint density at radius 2 is 1.74 bits per heavy atom. The number of rotatable bonds is 5. The van der Waals surface area contributed by atoms with E-state index in [1.54, 1.807) is 37.6 Å². The van der Waals surface area contributed by atoms with E-state index in [0.29, 0.717) is 32.6 Å². The van der Waals surface area contributed by atoms with Gasteiger partial charge in [0.25, 0.3) is 0 Å². The minimum atomic E-state index is -1.10. The second-order valence-electron chi connectivity index (χ2n) is 9.83. The van der Waals surface area contributed by atoms with Crippen molar-refractivity contribution >= 4 is 29.7 Å². The molecule has 4 amide bonds. The lowest BCUT2D eigenvalue weighted by Crippen LogP contribution is -2.59. The number of likely N-dealkylation sites (tertiary alicyclic amines) is 1. The molecule has 3 rings (SSSR count). The molecule has 11 heteroatoms. The number of hydrogen-bond acceptors (Lipinski definition) is 7. The molecule has 1 spiro atoms. The van der Waals surface area contributed by atoms with Crippen molar-refractivity contribution in [1.29, 1.82) is 0 Å². The molecule has 2 aliphatic heterocycles. The first-order valence-corrected chi connectivity index (χ1v) is 11.7. The van der Waals surface area contributed by atoms with E-state index in [1.807, 2.05) is 30.3 Å². The van der Waals surface area contributed by atoms with E-state index in [-0.39, 0.29) is 18.5 Å². The van der Waals surface area contributed by atoms with Crippen molar-refractivity contribution in [2.45, 2.75) is 50.8 Å². The average molecular weight is 490 g/mol. The fourth-order valence-corrected chi connectivity index (χ4v) is 4.47. The number of likely N-dealkylation sites (N-methyl/N-ethyl adjacent to an activating group) is 1. The molecule has 1 unspecified atom stereocenters. The molecular weight excluding hydrogens is 454 g/mol.